The molecule has 2 aromatic heterocycles. The molecule has 0 saturated heterocycles. The third kappa shape index (κ3) is 10.4. The van der Waals surface area contributed by atoms with E-state index < -0.39 is 23.3 Å². The zero-order chi connectivity index (χ0) is 29.1. The number of hydrogen-bond acceptors (Lipinski definition) is 0. The standard InChI is InChI=1S/2C12H10F2N.2C5H5.Ti/c2*1-8-5-9(2)15(7-8)12-4-3-10(13)6-11(12)14;2*1-2-4-5-3-1;/h2*3-5,7H,1-2H3;2*1-3H,4H2;/q4*-1;+4. The molecule has 208 valence electrons. The zero-order valence-corrected chi connectivity index (χ0v) is 25.0. The Kier molecular flexibility index (Phi) is 13.6. The first kappa shape index (κ1) is 33.6. The molecule has 41 heavy (non-hydrogen) atoms. The Morgan fingerprint density at radius 3 is 1.22 bits per heavy atom. The van der Waals surface area contributed by atoms with Crippen LogP contribution in [0.3, 0.4) is 0 Å². The Labute approximate surface area is 254 Å². The maximum absolute atomic E-state index is 13.4. The van der Waals surface area contributed by atoms with Gasteiger partial charge in [0.25, 0.3) is 0 Å². The Hall–Kier alpha value is -3.61. The number of aromatic nitrogens is 2. The summed E-state index contributed by atoms with van der Waals surface area (Å²) in [5, 5.41) is 0. The van der Waals surface area contributed by atoms with Gasteiger partial charge in [-0.25, -0.2) is 41.9 Å². The molecule has 6 rings (SSSR count). The molecule has 4 aromatic rings. The first-order valence-corrected chi connectivity index (χ1v) is 12.7. The topological polar surface area (TPSA) is 9.86 Å². The van der Waals surface area contributed by atoms with Crippen molar-refractivity contribution < 1.29 is 39.3 Å². The SMILES string of the molecule is Cc1cc(C)n(-c2ccc(F)[c-]c2F)c1.Cc1cc(C)n(-c2ccc(F)[c-]c2F)c1.[C-]1=CC=CC1.[C-]1=CC=CC1.[Ti+4]. The second kappa shape index (κ2) is 16.6. The number of allylic oxidation sites excluding steroid dienone is 8. The molecule has 0 fully saturated rings. The van der Waals surface area contributed by atoms with E-state index in [1.54, 1.807) is 21.5 Å². The van der Waals surface area contributed by atoms with E-state index in [0.29, 0.717) is 11.4 Å². The number of halogens is 4. The summed E-state index contributed by atoms with van der Waals surface area (Å²) in [7, 11) is 0. The third-order valence-electron chi connectivity index (χ3n) is 5.67. The second-order valence-electron chi connectivity index (χ2n) is 9.07. The minimum Gasteiger partial charge on any atom is -0.372 e. The minimum absolute atomic E-state index is 0. The molecule has 2 nitrogen and oxygen atoms in total. The number of benzene rings is 2. The monoisotopic (exact) mass is 590 g/mol. The molecule has 0 aliphatic heterocycles. The van der Waals surface area contributed by atoms with E-state index in [-0.39, 0.29) is 21.7 Å². The van der Waals surface area contributed by atoms with Crippen molar-refractivity contribution in [2.75, 3.05) is 0 Å². The second-order valence-corrected chi connectivity index (χ2v) is 9.07. The van der Waals surface area contributed by atoms with Crippen LogP contribution in [-0.2, 0) is 21.7 Å². The van der Waals surface area contributed by atoms with Crippen LogP contribution < -0.4 is 0 Å². The Morgan fingerprint density at radius 2 is 1.00 bits per heavy atom. The van der Waals surface area contributed by atoms with E-state index in [4.69, 9.17) is 0 Å². The van der Waals surface area contributed by atoms with Gasteiger partial charge in [-0.3, -0.25) is 12.2 Å². The van der Waals surface area contributed by atoms with Crippen molar-refractivity contribution in [1.29, 1.82) is 0 Å². The average Bonchev–Trinajstić information content (AvgIpc) is 3.71. The summed E-state index contributed by atoms with van der Waals surface area (Å²) in [4.78, 5) is 0. The van der Waals surface area contributed by atoms with Crippen LogP contribution in [0, 0.1) is 75.2 Å². The van der Waals surface area contributed by atoms with Crippen LogP contribution in [0.25, 0.3) is 11.4 Å². The molecule has 0 spiro atoms. The van der Waals surface area contributed by atoms with Crippen LogP contribution >= 0.6 is 0 Å². The predicted molar refractivity (Wildman–Crippen MR) is 151 cm³/mol. The van der Waals surface area contributed by atoms with Crippen LogP contribution in [0.2, 0.25) is 0 Å². The van der Waals surface area contributed by atoms with E-state index in [0.717, 1.165) is 35.4 Å². The van der Waals surface area contributed by atoms with Gasteiger partial charge in [-0.2, -0.15) is 12.2 Å². The van der Waals surface area contributed by atoms with Crippen molar-refractivity contribution in [2.24, 2.45) is 0 Å². The molecule has 0 amide bonds. The quantitative estimate of drug-likeness (QED) is 0.125. The maximum Gasteiger partial charge on any atom is 4.00 e. The van der Waals surface area contributed by atoms with Gasteiger partial charge in [0.05, 0.1) is 0 Å². The van der Waals surface area contributed by atoms with Crippen molar-refractivity contribution in [3.63, 3.8) is 0 Å². The van der Waals surface area contributed by atoms with Crippen LogP contribution in [0.5, 0.6) is 0 Å². The van der Waals surface area contributed by atoms with Crippen molar-refractivity contribution >= 4 is 0 Å². The molecule has 0 atom stereocenters. The summed E-state index contributed by atoms with van der Waals surface area (Å²) in [6.45, 7) is 7.59. The summed E-state index contributed by atoms with van der Waals surface area (Å²) >= 11 is 0. The van der Waals surface area contributed by atoms with Gasteiger partial charge in [-0.1, -0.05) is 0 Å². The number of aryl methyl sites for hydroxylation is 4. The molecule has 0 bridgehead atoms. The van der Waals surface area contributed by atoms with Crippen molar-refractivity contribution in [3.05, 3.63) is 155 Å². The predicted octanol–water partition coefficient (Wildman–Crippen LogP) is 8.95. The molecule has 2 aliphatic rings. The molecular weight excluding hydrogens is 560 g/mol. The molecule has 0 N–H and O–H groups in total. The number of hydrogen-bond donors (Lipinski definition) is 0. The fourth-order valence-electron chi connectivity index (χ4n) is 3.93. The summed E-state index contributed by atoms with van der Waals surface area (Å²) in [6, 6.07) is 13.1. The van der Waals surface area contributed by atoms with E-state index >= 15 is 0 Å². The van der Waals surface area contributed by atoms with Gasteiger partial charge in [-0.15, -0.1) is 49.2 Å². The molecular formula is C34H30F4N2Ti. The van der Waals surface area contributed by atoms with E-state index in [2.05, 4.69) is 24.3 Å². The first-order chi connectivity index (χ1) is 19.2. The van der Waals surface area contributed by atoms with Gasteiger partial charge in [0.2, 0.25) is 0 Å². The number of nitrogens with zero attached hydrogens (tertiary/aromatic N) is 2. The number of rotatable bonds is 2. The molecule has 2 aromatic carbocycles. The normalized spacial score (nSPS) is 12.1. The van der Waals surface area contributed by atoms with E-state index in [9.17, 15) is 17.6 Å². The largest absolute Gasteiger partial charge is 4.00 e. The smallest absolute Gasteiger partial charge is 0.372 e. The van der Waals surface area contributed by atoms with Gasteiger partial charge in [0.15, 0.2) is 0 Å². The fourth-order valence-corrected chi connectivity index (χ4v) is 3.93. The van der Waals surface area contributed by atoms with Crippen LogP contribution in [0.15, 0.2) is 85.2 Å². The Balaban J connectivity index is 0.000000211. The van der Waals surface area contributed by atoms with Crippen molar-refractivity contribution in [2.45, 2.75) is 40.5 Å². The van der Waals surface area contributed by atoms with Gasteiger partial charge < -0.3 is 9.13 Å². The van der Waals surface area contributed by atoms with E-state index in [1.165, 1.54) is 24.3 Å². The molecule has 0 unspecified atom stereocenters. The molecule has 0 saturated carbocycles. The van der Waals surface area contributed by atoms with Gasteiger partial charge in [0, 0.05) is 34.7 Å². The van der Waals surface area contributed by atoms with Gasteiger partial charge >= 0.3 is 21.7 Å². The zero-order valence-electron chi connectivity index (χ0n) is 23.4. The van der Waals surface area contributed by atoms with Crippen molar-refractivity contribution in [1.82, 2.24) is 9.13 Å². The molecule has 7 heteroatoms. The summed E-state index contributed by atoms with van der Waals surface area (Å²) in [6.07, 6.45) is 23.6. The Bertz CT molecular complexity index is 1400. The minimum atomic E-state index is -0.683. The van der Waals surface area contributed by atoms with Gasteiger partial charge in [0.1, 0.15) is 0 Å². The van der Waals surface area contributed by atoms with Crippen LogP contribution in [-0.4, -0.2) is 9.13 Å². The fraction of sp³-hybridized carbons (Fsp3) is 0.176. The van der Waals surface area contributed by atoms with Crippen molar-refractivity contribution in [3.8, 4) is 11.4 Å². The Morgan fingerprint density at radius 1 is 0.610 bits per heavy atom. The van der Waals surface area contributed by atoms with Crippen LogP contribution in [0.1, 0.15) is 35.4 Å². The van der Waals surface area contributed by atoms with E-state index in [1.807, 2.05) is 76.3 Å². The third-order valence-corrected chi connectivity index (χ3v) is 5.67. The van der Waals surface area contributed by atoms with Gasteiger partial charge in [-0.05, 0) is 74.7 Å². The molecule has 0 radical (unpaired) electrons. The van der Waals surface area contributed by atoms with Crippen LogP contribution in [0.4, 0.5) is 17.6 Å². The first-order valence-electron chi connectivity index (χ1n) is 12.7. The maximum atomic E-state index is 13.4. The molecule has 2 aliphatic carbocycles. The molecule has 2 heterocycles. The summed E-state index contributed by atoms with van der Waals surface area (Å²) in [5.74, 6) is -2.71. The summed E-state index contributed by atoms with van der Waals surface area (Å²) in [5.41, 5.74) is 4.54. The summed E-state index contributed by atoms with van der Waals surface area (Å²) < 4.78 is 55.5. The average molecular weight is 590 g/mol.